The van der Waals surface area contributed by atoms with Gasteiger partial charge in [-0.15, -0.1) is 0 Å². The molecule has 0 aliphatic rings. The third-order valence-electron chi connectivity index (χ3n) is 2.51. The maximum atomic E-state index is 11.2. The Bertz CT molecular complexity index is 394. The van der Waals surface area contributed by atoms with E-state index in [0.717, 1.165) is 19.4 Å². The van der Waals surface area contributed by atoms with Gasteiger partial charge in [-0.25, -0.2) is 0 Å². The van der Waals surface area contributed by atoms with Gasteiger partial charge >= 0.3 is 0 Å². The lowest BCUT2D eigenvalue weighted by Gasteiger charge is -2.11. The van der Waals surface area contributed by atoms with Gasteiger partial charge in [0.2, 0.25) is 0 Å². The first-order valence-corrected chi connectivity index (χ1v) is 6.16. The van der Waals surface area contributed by atoms with E-state index in [1.54, 1.807) is 18.2 Å². The van der Waals surface area contributed by atoms with Gasteiger partial charge in [-0.2, -0.15) is 0 Å². The molecule has 100 valence electrons. The minimum atomic E-state index is -0.489. The highest BCUT2D eigenvalue weighted by molar-refractivity contribution is 5.99. The Hall–Kier alpha value is -1.75. The van der Waals surface area contributed by atoms with Crippen LogP contribution in [0.5, 0.6) is 0 Å². The molecule has 0 bridgehead atoms. The van der Waals surface area contributed by atoms with Crippen molar-refractivity contribution in [3.05, 3.63) is 23.8 Å². The lowest BCUT2D eigenvalue weighted by atomic mass is 10.1. The number of nitrogens with two attached hydrogens (primary N) is 2. The van der Waals surface area contributed by atoms with E-state index in [-0.39, 0.29) is 0 Å². The first kappa shape index (κ1) is 14.3. The summed E-state index contributed by atoms with van der Waals surface area (Å²) < 4.78 is 5.42. The summed E-state index contributed by atoms with van der Waals surface area (Å²) in [5.41, 5.74) is 12.5. The fraction of sp³-hybridized carbons (Fsp3) is 0.462. The highest BCUT2D eigenvalue weighted by Gasteiger charge is 2.07. The van der Waals surface area contributed by atoms with Gasteiger partial charge in [-0.1, -0.05) is 13.3 Å². The van der Waals surface area contributed by atoms with Gasteiger partial charge in [0.05, 0.1) is 12.2 Å². The molecule has 1 aromatic carbocycles. The average Bonchev–Trinajstić information content (AvgIpc) is 2.35. The number of nitrogen functional groups attached to an aromatic ring is 1. The van der Waals surface area contributed by atoms with Crippen LogP contribution in [0.3, 0.4) is 0 Å². The first-order chi connectivity index (χ1) is 8.65. The van der Waals surface area contributed by atoms with E-state index in [1.807, 2.05) is 0 Å². The van der Waals surface area contributed by atoms with Crippen molar-refractivity contribution >= 4 is 17.3 Å². The number of anilines is 2. The van der Waals surface area contributed by atoms with Gasteiger partial charge < -0.3 is 21.5 Å². The van der Waals surface area contributed by atoms with Crippen molar-refractivity contribution in [1.29, 1.82) is 0 Å². The van der Waals surface area contributed by atoms with Gasteiger partial charge in [-0.3, -0.25) is 4.79 Å². The molecule has 18 heavy (non-hydrogen) atoms. The molecule has 0 radical (unpaired) electrons. The standard InChI is InChI=1S/C13H21N3O2/c1-2-3-7-18-8-6-16-12-5-4-10(14)9-11(12)13(15)17/h4-5,9,16H,2-3,6-8,14H2,1H3,(H2,15,17). The van der Waals surface area contributed by atoms with E-state index >= 15 is 0 Å². The number of rotatable bonds is 8. The SMILES string of the molecule is CCCCOCCNc1ccc(N)cc1C(N)=O. The van der Waals surface area contributed by atoms with Crippen LogP contribution in [0.2, 0.25) is 0 Å². The second-order valence-electron chi connectivity index (χ2n) is 4.06. The number of carbonyl (C=O) groups excluding carboxylic acids is 1. The van der Waals surface area contributed by atoms with Crippen molar-refractivity contribution < 1.29 is 9.53 Å². The Morgan fingerprint density at radius 2 is 2.17 bits per heavy atom. The van der Waals surface area contributed by atoms with Crippen LogP contribution in [0, 0.1) is 0 Å². The molecule has 5 nitrogen and oxygen atoms in total. The molecule has 0 atom stereocenters. The smallest absolute Gasteiger partial charge is 0.250 e. The number of ether oxygens (including phenoxy) is 1. The van der Waals surface area contributed by atoms with Gasteiger partial charge in [0.1, 0.15) is 0 Å². The molecule has 1 amide bonds. The van der Waals surface area contributed by atoms with Crippen LogP contribution in [0.1, 0.15) is 30.1 Å². The number of amides is 1. The Kier molecular flexibility index (Phi) is 6.00. The van der Waals surface area contributed by atoms with Crippen molar-refractivity contribution in [3.8, 4) is 0 Å². The van der Waals surface area contributed by atoms with Crippen LogP contribution in [0.25, 0.3) is 0 Å². The third-order valence-corrected chi connectivity index (χ3v) is 2.51. The van der Waals surface area contributed by atoms with E-state index < -0.39 is 5.91 Å². The first-order valence-electron chi connectivity index (χ1n) is 6.16. The molecular formula is C13H21N3O2. The normalized spacial score (nSPS) is 10.3. The van der Waals surface area contributed by atoms with E-state index in [2.05, 4.69) is 12.2 Å². The molecule has 0 unspecified atom stereocenters. The lowest BCUT2D eigenvalue weighted by Crippen LogP contribution is -2.17. The Morgan fingerprint density at radius 1 is 1.39 bits per heavy atom. The Balaban J connectivity index is 2.44. The summed E-state index contributed by atoms with van der Waals surface area (Å²) in [6, 6.07) is 5.05. The van der Waals surface area contributed by atoms with Gasteiger partial charge in [-0.05, 0) is 24.6 Å². The van der Waals surface area contributed by atoms with Crippen LogP contribution in [-0.4, -0.2) is 25.7 Å². The van der Waals surface area contributed by atoms with Crippen LogP contribution < -0.4 is 16.8 Å². The van der Waals surface area contributed by atoms with Crippen LogP contribution in [0.15, 0.2) is 18.2 Å². The van der Waals surface area contributed by atoms with Crippen LogP contribution in [0.4, 0.5) is 11.4 Å². The highest BCUT2D eigenvalue weighted by Crippen LogP contribution is 2.18. The summed E-state index contributed by atoms with van der Waals surface area (Å²) in [4.78, 5) is 11.2. The molecule has 0 spiro atoms. The zero-order valence-electron chi connectivity index (χ0n) is 10.7. The Labute approximate surface area is 107 Å². The van der Waals surface area contributed by atoms with E-state index in [9.17, 15) is 4.79 Å². The molecular weight excluding hydrogens is 230 g/mol. The number of primary amides is 1. The second-order valence-corrected chi connectivity index (χ2v) is 4.06. The summed E-state index contributed by atoms with van der Waals surface area (Å²) in [7, 11) is 0. The van der Waals surface area contributed by atoms with Crippen LogP contribution >= 0.6 is 0 Å². The molecule has 0 heterocycles. The van der Waals surface area contributed by atoms with Gasteiger partial charge in [0.15, 0.2) is 0 Å². The largest absolute Gasteiger partial charge is 0.399 e. The number of hydrogen-bond donors (Lipinski definition) is 3. The topological polar surface area (TPSA) is 90.4 Å². The quantitative estimate of drug-likeness (QED) is 0.483. The molecule has 0 aliphatic carbocycles. The number of carbonyl (C=O) groups is 1. The zero-order valence-corrected chi connectivity index (χ0v) is 10.7. The summed E-state index contributed by atoms with van der Waals surface area (Å²) in [5.74, 6) is -0.489. The van der Waals surface area contributed by atoms with Crippen molar-refractivity contribution in [1.82, 2.24) is 0 Å². The molecule has 0 saturated carbocycles. The summed E-state index contributed by atoms with van der Waals surface area (Å²) in [6.07, 6.45) is 2.19. The summed E-state index contributed by atoms with van der Waals surface area (Å²) in [5, 5.41) is 3.12. The predicted molar refractivity (Wildman–Crippen MR) is 73.6 cm³/mol. The van der Waals surface area contributed by atoms with Gasteiger partial charge in [0.25, 0.3) is 5.91 Å². The molecule has 1 aromatic rings. The molecule has 5 heteroatoms. The van der Waals surface area contributed by atoms with E-state index in [1.165, 1.54) is 0 Å². The van der Waals surface area contributed by atoms with Crippen molar-refractivity contribution in [3.63, 3.8) is 0 Å². The summed E-state index contributed by atoms with van der Waals surface area (Å²) in [6.45, 7) is 4.12. The van der Waals surface area contributed by atoms with Crippen molar-refractivity contribution in [2.24, 2.45) is 5.73 Å². The summed E-state index contributed by atoms with van der Waals surface area (Å²) >= 11 is 0. The maximum absolute atomic E-state index is 11.2. The molecule has 5 N–H and O–H groups in total. The van der Waals surface area contributed by atoms with Gasteiger partial charge in [0, 0.05) is 24.5 Å². The van der Waals surface area contributed by atoms with Crippen LogP contribution in [-0.2, 0) is 4.74 Å². The highest BCUT2D eigenvalue weighted by atomic mass is 16.5. The maximum Gasteiger partial charge on any atom is 0.250 e. The Morgan fingerprint density at radius 3 is 2.83 bits per heavy atom. The number of nitrogens with one attached hydrogen (secondary N) is 1. The minimum absolute atomic E-state index is 0.406. The second kappa shape index (κ2) is 7.55. The third kappa shape index (κ3) is 4.63. The van der Waals surface area contributed by atoms with E-state index in [0.29, 0.717) is 30.1 Å². The molecule has 0 fully saturated rings. The predicted octanol–water partition coefficient (Wildman–Crippen LogP) is 1.60. The fourth-order valence-corrected chi connectivity index (χ4v) is 1.53. The van der Waals surface area contributed by atoms with Crippen molar-refractivity contribution in [2.75, 3.05) is 30.8 Å². The van der Waals surface area contributed by atoms with Crippen molar-refractivity contribution in [2.45, 2.75) is 19.8 Å². The number of hydrogen-bond acceptors (Lipinski definition) is 4. The molecule has 0 aliphatic heterocycles. The molecule has 1 rings (SSSR count). The lowest BCUT2D eigenvalue weighted by molar-refractivity contribution is 0.100. The molecule has 0 aromatic heterocycles. The number of benzene rings is 1. The monoisotopic (exact) mass is 251 g/mol. The zero-order chi connectivity index (χ0) is 13.4. The average molecular weight is 251 g/mol. The molecule has 0 saturated heterocycles. The fourth-order valence-electron chi connectivity index (χ4n) is 1.53. The minimum Gasteiger partial charge on any atom is -0.399 e. The van der Waals surface area contributed by atoms with E-state index in [4.69, 9.17) is 16.2 Å². The number of unbranched alkanes of at least 4 members (excludes halogenated alkanes) is 1.